The van der Waals surface area contributed by atoms with E-state index in [-0.39, 0.29) is 0 Å². The smallest absolute Gasteiger partial charge is 0.152 e. The van der Waals surface area contributed by atoms with Gasteiger partial charge in [-0.3, -0.25) is 5.10 Å². The van der Waals surface area contributed by atoms with E-state index in [0.29, 0.717) is 6.54 Å². The van der Waals surface area contributed by atoms with Crippen molar-refractivity contribution in [2.75, 3.05) is 7.11 Å². The van der Waals surface area contributed by atoms with E-state index < -0.39 is 0 Å². The predicted molar refractivity (Wildman–Crippen MR) is 91.7 cm³/mol. The van der Waals surface area contributed by atoms with Crippen molar-refractivity contribution >= 4 is 10.9 Å². The second-order valence-corrected chi connectivity index (χ2v) is 5.59. The fraction of sp³-hybridized carbons (Fsp3) is 0.167. The first-order chi connectivity index (χ1) is 11.8. The molecule has 122 valence electrons. The normalized spacial score (nSPS) is 11.2. The zero-order valence-electron chi connectivity index (χ0n) is 13.3. The minimum Gasteiger partial charge on any atom is -0.497 e. The number of benzene rings is 1. The summed E-state index contributed by atoms with van der Waals surface area (Å²) < 4.78 is 11.0. The molecule has 3 heterocycles. The van der Waals surface area contributed by atoms with E-state index in [2.05, 4.69) is 26.6 Å². The molecule has 24 heavy (non-hydrogen) atoms. The quantitative estimate of drug-likeness (QED) is 0.508. The predicted octanol–water partition coefficient (Wildman–Crippen LogP) is 3.45. The van der Waals surface area contributed by atoms with Gasteiger partial charge in [0.15, 0.2) is 5.76 Å². The minimum absolute atomic E-state index is 0.660. The largest absolute Gasteiger partial charge is 0.497 e. The Labute approximate surface area is 138 Å². The maximum Gasteiger partial charge on any atom is 0.152 e. The molecule has 1 aromatic carbocycles. The van der Waals surface area contributed by atoms with Crippen LogP contribution in [0, 0.1) is 0 Å². The second kappa shape index (κ2) is 6.25. The highest BCUT2D eigenvalue weighted by Gasteiger charge is 2.06. The van der Waals surface area contributed by atoms with Gasteiger partial charge in [-0.15, -0.1) is 0 Å². The van der Waals surface area contributed by atoms with Gasteiger partial charge in [-0.2, -0.15) is 5.10 Å². The molecule has 0 aliphatic rings. The fourth-order valence-electron chi connectivity index (χ4n) is 2.72. The van der Waals surface area contributed by atoms with Crippen LogP contribution in [0.5, 0.6) is 5.75 Å². The van der Waals surface area contributed by atoms with Crippen LogP contribution in [0.4, 0.5) is 0 Å². The summed E-state index contributed by atoms with van der Waals surface area (Å²) in [6.07, 6.45) is 1.71. The lowest BCUT2D eigenvalue weighted by Crippen LogP contribution is -2.12. The molecule has 0 saturated heterocycles. The SMILES string of the molecule is COc1ccc2[nH]c(CNCc3ccc(-c4ccn[nH]4)o3)cc2c1. The maximum atomic E-state index is 5.79. The van der Waals surface area contributed by atoms with Crippen molar-refractivity contribution in [1.29, 1.82) is 0 Å². The summed E-state index contributed by atoms with van der Waals surface area (Å²) in [5.74, 6) is 2.54. The van der Waals surface area contributed by atoms with E-state index in [1.807, 2.05) is 36.4 Å². The van der Waals surface area contributed by atoms with Gasteiger partial charge in [-0.25, -0.2) is 0 Å². The van der Waals surface area contributed by atoms with E-state index in [0.717, 1.165) is 46.1 Å². The molecule has 0 unspecified atom stereocenters. The first-order valence-corrected chi connectivity index (χ1v) is 7.76. The molecule has 6 nitrogen and oxygen atoms in total. The molecule has 6 heteroatoms. The number of methoxy groups -OCH3 is 1. The van der Waals surface area contributed by atoms with E-state index in [4.69, 9.17) is 9.15 Å². The van der Waals surface area contributed by atoms with Crippen molar-refractivity contribution in [1.82, 2.24) is 20.5 Å². The van der Waals surface area contributed by atoms with E-state index in [9.17, 15) is 0 Å². The number of rotatable bonds is 6. The molecule has 3 N–H and O–H groups in total. The Balaban J connectivity index is 1.39. The van der Waals surface area contributed by atoms with Gasteiger partial charge in [0, 0.05) is 29.3 Å². The molecule has 0 saturated carbocycles. The standard InChI is InChI=1S/C18H18N4O2/c1-23-14-2-4-16-12(9-14)8-13(21-16)10-19-11-15-3-5-18(24-15)17-6-7-20-22-17/h2-9,19,21H,10-11H2,1H3,(H,20,22). The molecule has 0 spiro atoms. The minimum atomic E-state index is 0.660. The number of nitrogens with one attached hydrogen (secondary N) is 3. The number of hydrogen-bond donors (Lipinski definition) is 3. The van der Waals surface area contributed by atoms with Gasteiger partial charge in [0.2, 0.25) is 0 Å². The van der Waals surface area contributed by atoms with Crippen LogP contribution in [0.25, 0.3) is 22.4 Å². The molecule has 0 atom stereocenters. The van der Waals surface area contributed by atoms with Gasteiger partial charge in [0.25, 0.3) is 0 Å². The third-order valence-electron chi connectivity index (χ3n) is 3.93. The number of fused-ring (bicyclic) bond motifs is 1. The summed E-state index contributed by atoms with van der Waals surface area (Å²) in [7, 11) is 1.68. The van der Waals surface area contributed by atoms with E-state index >= 15 is 0 Å². The van der Waals surface area contributed by atoms with Crippen molar-refractivity contribution in [2.45, 2.75) is 13.1 Å². The Kier molecular flexibility index (Phi) is 3.80. The Morgan fingerprint density at radius 3 is 2.92 bits per heavy atom. The van der Waals surface area contributed by atoms with Crippen LogP contribution >= 0.6 is 0 Å². The van der Waals surface area contributed by atoms with Crippen molar-refractivity contribution in [2.24, 2.45) is 0 Å². The summed E-state index contributed by atoms with van der Waals surface area (Å²) in [5.41, 5.74) is 3.11. The van der Waals surface area contributed by atoms with Gasteiger partial charge in [-0.1, -0.05) is 0 Å². The lowest BCUT2D eigenvalue weighted by molar-refractivity contribution is 0.415. The third-order valence-corrected chi connectivity index (χ3v) is 3.93. The van der Waals surface area contributed by atoms with E-state index in [1.165, 1.54) is 0 Å². The Bertz CT molecular complexity index is 937. The fourth-order valence-corrected chi connectivity index (χ4v) is 2.72. The summed E-state index contributed by atoms with van der Waals surface area (Å²) in [6, 6.07) is 13.9. The summed E-state index contributed by atoms with van der Waals surface area (Å²) in [4.78, 5) is 3.40. The summed E-state index contributed by atoms with van der Waals surface area (Å²) >= 11 is 0. The summed E-state index contributed by atoms with van der Waals surface area (Å²) in [6.45, 7) is 1.39. The summed E-state index contributed by atoms with van der Waals surface area (Å²) in [5, 5.41) is 11.4. The molecule has 0 amide bonds. The number of aromatic amines is 2. The first kappa shape index (κ1) is 14.6. The highest BCUT2D eigenvalue weighted by atomic mass is 16.5. The average molecular weight is 322 g/mol. The molecule has 0 fully saturated rings. The Hall–Kier alpha value is -2.99. The zero-order chi connectivity index (χ0) is 16.4. The van der Waals surface area contributed by atoms with Gasteiger partial charge in [-0.05, 0) is 42.5 Å². The average Bonchev–Trinajstić information content (AvgIpc) is 3.33. The number of nitrogens with zero attached hydrogens (tertiary/aromatic N) is 1. The number of H-pyrrole nitrogens is 2. The van der Waals surface area contributed by atoms with Crippen LogP contribution in [-0.4, -0.2) is 22.3 Å². The molecule has 0 aliphatic heterocycles. The van der Waals surface area contributed by atoms with Crippen LogP contribution in [0.2, 0.25) is 0 Å². The topological polar surface area (TPSA) is 78.9 Å². The number of furan rings is 1. The van der Waals surface area contributed by atoms with Crippen molar-refractivity contribution in [3.63, 3.8) is 0 Å². The molecule has 4 rings (SSSR count). The lowest BCUT2D eigenvalue weighted by Gasteiger charge is -2.00. The highest BCUT2D eigenvalue weighted by molar-refractivity contribution is 5.81. The molecule has 0 radical (unpaired) electrons. The van der Waals surface area contributed by atoms with Crippen LogP contribution in [0.1, 0.15) is 11.5 Å². The van der Waals surface area contributed by atoms with Crippen LogP contribution < -0.4 is 10.1 Å². The zero-order valence-corrected chi connectivity index (χ0v) is 13.3. The molecule has 3 aromatic heterocycles. The molecule has 0 aliphatic carbocycles. The first-order valence-electron chi connectivity index (χ1n) is 7.76. The van der Waals surface area contributed by atoms with E-state index in [1.54, 1.807) is 13.3 Å². The van der Waals surface area contributed by atoms with Crippen molar-refractivity contribution in [3.05, 3.63) is 60.1 Å². The van der Waals surface area contributed by atoms with Gasteiger partial charge < -0.3 is 19.5 Å². The second-order valence-electron chi connectivity index (χ2n) is 5.59. The van der Waals surface area contributed by atoms with Gasteiger partial charge in [0.1, 0.15) is 17.2 Å². The van der Waals surface area contributed by atoms with Gasteiger partial charge >= 0.3 is 0 Å². The Morgan fingerprint density at radius 1 is 1.12 bits per heavy atom. The maximum absolute atomic E-state index is 5.79. The lowest BCUT2D eigenvalue weighted by atomic mass is 10.2. The molecular weight excluding hydrogens is 304 g/mol. The molecular formula is C18H18N4O2. The Morgan fingerprint density at radius 2 is 2.08 bits per heavy atom. The molecule has 4 aromatic rings. The van der Waals surface area contributed by atoms with Crippen LogP contribution in [-0.2, 0) is 13.1 Å². The number of ether oxygens (including phenoxy) is 1. The number of aromatic nitrogens is 3. The van der Waals surface area contributed by atoms with Crippen LogP contribution in [0.15, 0.2) is 53.1 Å². The van der Waals surface area contributed by atoms with Crippen molar-refractivity contribution in [3.8, 4) is 17.2 Å². The van der Waals surface area contributed by atoms with Crippen LogP contribution in [0.3, 0.4) is 0 Å². The monoisotopic (exact) mass is 322 g/mol. The van der Waals surface area contributed by atoms with Gasteiger partial charge in [0.05, 0.1) is 13.7 Å². The third kappa shape index (κ3) is 2.91. The molecule has 0 bridgehead atoms. The van der Waals surface area contributed by atoms with Crippen molar-refractivity contribution < 1.29 is 9.15 Å². The highest BCUT2D eigenvalue weighted by Crippen LogP contribution is 2.22. The number of hydrogen-bond acceptors (Lipinski definition) is 4.